The Morgan fingerprint density at radius 3 is 2.00 bits per heavy atom. The predicted molar refractivity (Wildman–Crippen MR) is 58.6 cm³/mol. The third-order valence-electron chi connectivity index (χ3n) is 1.62. The number of rotatable bonds is 3. The van der Waals surface area contributed by atoms with Gasteiger partial charge < -0.3 is 14.9 Å². The molecule has 0 bridgehead atoms. The van der Waals surface area contributed by atoms with Gasteiger partial charge >= 0.3 is 29.6 Å². The summed E-state index contributed by atoms with van der Waals surface area (Å²) in [5, 5.41) is 3.28. The van der Waals surface area contributed by atoms with E-state index in [1.807, 2.05) is 19.0 Å². The fourth-order valence-electron chi connectivity index (χ4n) is 0.915. The van der Waals surface area contributed by atoms with Crippen molar-refractivity contribution in [3.8, 4) is 0 Å². The second-order valence-electron chi connectivity index (χ2n) is 3.02. The summed E-state index contributed by atoms with van der Waals surface area (Å²) in [4.78, 5) is 1.88. The Kier molecular flexibility index (Phi) is 8.59. The van der Waals surface area contributed by atoms with Gasteiger partial charge in [0.1, 0.15) is 0 Å². The maximum Gasteiger partial charge on any atom is 1.00 e. The second kappa shape index (κ2) is 7.75. The summed E-state index contributed by atoms with van der Waals surface area (Å²) in [6, 6.07) is 6.63. The standard InChI is InChI=1S/C8H11N3O3S.Na.H2O/c1-11(2)8-5-3-7(4-6-8)9-10-15(12,13)14;;/h3-6H,1-2H3,(H,12,13,14);;1H2/q;+1;/p-1. The third kappa shape index (κ3) is 7.42. The molecular weight excluding hydrogens is 257 g/mol. The van der Waals surface area contributed by atoms with Crippen LogP contribution in [-0.4, -0.2) is 32.5 Å². The van der Waals surface area contributed by atoms with Crippen LogP contribution in [0.1, 0.15) is 0 Å². The largest absolute Gasteiger partial charge is 1.00 e. The Bertz CT molecular complexity index is 458. The molecule has 0 radical (unpaired) electrons. The fraction of sp³-hybridized carbons (Fsp3) is 0.250. The zero-order chi connectivity index (χ0) is 11.5. The molecule has 0 saturated heterocycles. The van der Waals surface area contributed by atoms with Gasteiger partial charge in [-0.2, -0.15) is 0 Å². The average Bonchev–Trinajstić information content (AvgIpc) is 2.14. The Labute approximate surface area is 122 Å². The van der Waals surface area contributed by atoms with E-state index in [-0.39, 0.29) is 35.0 Å². The molecule has 0 spiro atoms. The maximum absolute atomic E-state index is 10.2. The minimum Gasteiger partial charge on any atom is -0.728 e. The quantitative estimate of drug-likeness (QED) is 0.342. The van der Waals surface area contributed by atoms with Crippen LogP contribution < -0.4 is 34.5 Å². The van der Waals surface area contributed by atoms with Crippen LogP contribution in [0.15, 0.2) is 33.9 Å². The summed E-state index contributed by atoms with van der Waals surface area (Å²) < 4.78 is 33.1. The van der Waals surface area contributed by atoms with Gasteiger partial charge in [0.25, 0.3) is 0 Å². The summed E-state index contributed by atoms with van der Waals surface area (Å²) >= 11 is 0. The first-order valence-corrected chi connectivity index (χ1v) is 5.41. The molecule has 0 aromatic heterocycles. The Morgan fingerprint density at radius 1 is 1.18 bits per heavy atom. The van der Waals surface area contributed by atoms with Gasteiger partial charge in [0.2, 0.25) is 10.3 Å². The van der Waals surface area contributed by atoms with Crippen molar-refractivity contribution in [2.75, 3.05) is 19.0 Å². The molecule has 0 aliphatic heterocycles. The van der Waals surface area contributed by atoms with Crippen LogP contribution in [-0.2, 0) is 10.3 Å². The minimum absolute atomic E-state index is 0. The van der Waals surface area contributed by atoms with Crippen LogP contribution in [0.2, 0.25) is 0 Å². The Hall–Kier alpha value is -0.510. The third-order valence-corrected chi connectivity index (χ3v) is 1.90. The molecule has 1 aromatic rings. The summed E-state index contributed by atoms with van der Waals surface area (Å²) in [7, 11) is -0.904. The summed E-state index contributed by atoms with van der Waals surface area (Å²) in [6.07, 6.45) is 0. The summed E-state index contributed by atoms with van der Waals surface area (Å²) in [5.74, 6) is 0. The predicted octanol–water partition coefficient (Wildman–Crippen LogP) is -2.52. The molecule has 0 heterocycles. The Morgan fingerprint density at radius 2 is 1.65 bits per heavy atom. The van der Waals surface area contributed by atoms with Gasteiger partial charge in [0, 0.05) is 19.8 Å². The monoisotopic (exact) mass is 269 g/mol. The van der Waals surface area contributed by atoms with E-state index in [1.165, 1.54) is 0 Å². The molecule has 0 unspecified atom stereocenters. The molecule has 0 amide bonds. The van der Waals surface area contributed by atoms with E-state index in [9.17, 15) is 13.0 Å². The van der Waals surface area contributed by atoms with Crippen molar-refractivity contribution >= 4 is 21.7 Å². The van der Waals surface area contributed by atoms with Crippen LogP contribution in [0.5, 0.6) is 0 Å². The molecule has 0 atom stereocenters. The van der Waals surface area contributed by atoms with Crippen LogP contribution in [0.4, 0.5) is 11.4 Å². The van der Waals surface area contributed by atoms with Crippen LogP contribution >= 0.6 is 0 Å². The van der Waals surface area contributed by atoms with E-state index in [0.29, 0.717) is 5.69 Å². The summed E-state index contributed by atoms with van der Waals surface area (Å²) in [5.41, 5.74) is 1.26. The average molecular weight is 269 g/mol. The molecule has 1 aromatic carbocycles. The van der Waals surface area contributed by atoms with E-state index in [1.54, 1.807) is 24.3 Å². The molecule has 0 aliphatic rings. The van der Waals surface area contributed by atoms with Crippen LogP contribution in [0.3, 0.4) is 0 Å². The zero-order valence-corrected chi connectivity index (χ0v) is 12.6. The summed E-state index contributed by atoms with van der Waals surface area (Å²) in [6.45, 7) is 0. The molecule has 0 saturated carbocycles. The molecule has 90 valence electrons. The van der Waals surface area contributed by atoms with E-state index < -0.39 is 10.3 Å². The number of hydrogen-bond acceptors (Lipinski definition) is 5. The first-order chi connectivity index (χ1) is 6.88. The number of benzene rings is 1. The minimum atomic E-state index is -4.65. The van der Waals surface area contributed by atoms with Crippen molar-refractivity contribution in [1.82, 2.24) is 0 Å². The second-order valence-corrected chi connectivity index (χ2v) is 4.04. The maximum atomic E-state index is 10.2. The number of anilines is 1. The van der Waals surface area contributed by atoms with E-state index in [0.717, 1.165) is 5.69 Å². The molecule has 7 nitrogen and oxygen atoms in total. The van der Waals surface area contributed by atoms with Crippen LogP contribution in [0.25, 0.3) is 0 Å². The van der Waals surface area contributed by atoms with E-state index in [2.05, 4.69) is 9.63 Å². The fourth-order valence-corrected chi connectivity index (χ4v) is 1.11. The first-order valence-electron chi connectivity index (χ1n) is 4.05. The van der Waals surface area contributed by atoms with Crippen molar-refractivity contribution in [2.24, 2.45) is 9.63 Å². The van der Waals surface area contributed by atoms with Crippen molar-refractivity contribution < 1.29 is 48.0 Å². The van der Waals surface area contributed by atoms with Gasteiger partial charge in [-0.05, 0) is 24.3 Å². The molecule has 2 N–H and O–H groups in total. The van der Waals surface area contributed by atoms with Crippen molar-refractivity contribution in [1.29, 1.82) is 0 Å². The number of nitrogens with zero attached hydrogens (tertiary/aromatic N) is 3. The molecule has 0 fully saturated rings. The van der Waals surface area contributed by atoms with Crippen molar-refractivity contribution in [3.63, 3.8) is 0 Å². The molecule has 17 heavy (non-hydrogen) atoms. The van der Waals surface area contributed by atoms with E-state index in [4.69, 9.17) is 0 Å². The number of hydrogen-bond donors (Lipinski definition) is 0. The Balaban J connectivity index is 0. The van der Waals surface area contributed by atoms with Gasteiger partial charge in [-0.15, -0.1) is 5.11 Å². The SMILES string of the molecule is CN(C)c1ccc(N=NS(=O)(=O)[O-])cc1.O.[Na+]. The molecule has 1 rings (SSSR count). The zero-order valence-electron chi connectivity index (χ0n) is 9.78. The molecule has 0 aliphatic carbocycles. The van der Waals surface area contributed by atoms with Crippen molar-refractivity contribution in [2.45, 2.75) is 0 Å². The van der Waals surface area contributed by atoms with Gasteiger partial charge in [-0.25, -0.2) is 8.42 Å². The van der Waals surface area contributed by atoms with Gasteiger partial charge in [-0.1, -0.05) is 4.52 Å². The van der Waals surface area contributed by atoms with Gasteiger partial charge in [0.05, 0.1) is 5.69 Å². The van der Waals surface area contributed by atoms with Crippen LogP contribution in [0, 0.1) is 0 Å². The van der Waals surface area contributed by atoms with Gasteiger partial charge in [-0.3, -0.25) is 0 Å². The molecule has 9 heteroatoms. The molecular formula is C8H12N3NaO4S. The first kappa shape index (κ1) is 18.8. The normalized spacial score (nSPS) is 10.5. The topological polar surface area (TPSA) is 117 Å². The van der Waals surface area contributed by atoms with Gasteiger partial charge in [0.15, 0.2) is 0 Å². The van der Waals surface area contributed by atoms with E-state index >= 15 is 0 Å². The van der Waals surface area contributed by atoms with Crippen molar-refractivity contribution in [3.05, 3.63) is 24.3 Å². The smallest absolute Gasteiger partial charge is 0.728 e.